The second-order valence-electron chi connectivity index (χ2n) is 10.0. The molecule has 0 radical (unpaired) electrons. The van der Waals surface area contributed by atoms with E-state index in [-0.39, 0.29) is 11.3 Å². The first-order valence-electron chi connectivity index (χ1n) is 13.7. The molecule has 5 rings (SSSR count). The van der Waals surface area contributed by atoms with Gasteiger partial charge in [-0.25, -0.2) is 4.98 Å². The summed E-state index contributed by atoms with van der Waals surface area (Å²) in [4.78, 5) is 35.3. The number of aromatic nitrogens is 2. The minimum Gasteiger partial charge on any atom is -0.505 e. The second kappa shape index (κ2) is 12.0. The van der Waals surface area contributed by atoms with Gasteiger partial charge < -0.3 is 19.5 Å². The van der Waals surface area contributed by atoms with Crippen LogP contribution < -0.4 is 4.74 Å². The summed E-state index contributed by atoms with van der Waals surface area (Å²) < 4.78 is 13.1. The van der Waals surface area contributed by atoms with Crippen molar-refractivity contribution in [2.45, 2.75) is 39.2 Å². The molecule has 2 aliphatic heterocycles. The Morgan fingerprint density at radius 2 is 1.85 bits per heavy atom. The second-order valence-corrected chi connectivity index (χ2v) is 10.0. The fourth-order valence-corrected chi connectivity index (χ4v) is 5.35. The number of nitrogens with zero attached hydrogens (tertiary/aromatic N) is 4. The molecule has 1 atom stereocenters. The van der Waals surface area contributed by atoms with Gasteiger partial charge in [0.05, 0.1) is 37.1 Å². The van der Waals surface area contributed by atoms with Crippen LogP contribution in [0.15, 0.2) is 54.2 Å². The average molecular weight is 533 g/mol. The number of aryl methyl sites for hydroxylation is 1. The SMILES string of the molecule is CCCCCOc1ccc(C2/C(=C(\O)c3c(C)nc4ccccn34)C(=O)C(=O)N2CCN2CCOCC2)cc1. The van der Waals surface area contributed by atoms with Gasteiger partial charge in [0.15, 0.2) is 5.76 Å². The van der Waals surface area contributed by atoms with Gasteiger partial charge in [-0.2, -0.15) is 0 Å². The Morgan fingerprint density at radius 3 is 2.59 bits per heavy atom. The van der Waals surface area contributed by atoms with Crippen LogP contribution in [0.3, 0.4) is 0 Å². The van der Waals surface area contributed by atoms with Crippen molar-refractivity contribution < 1.29 is 24.2 Å². The van der Waals surface area contributed by atoms with E-state index in [1.165, 1.54) is 0 Å². The maximum atomic E-state index is 13.5. The molecule has 9 nitrogen and oxygen atoms in total. The summed E-state index contributed by atoms with van der Waals surface area (Å²) in [6.07, 6.45) is 5.01. The highest BCUT2D eigenvalue weighted by Gasteiger charge is 2.46. The topological polar surface area (TPSA) is 96.6 Å². The average Bonchev–Trinajstić information content (AvgIpc) is 3.43. The fourth-order valence-electron chi connectivity index (χ4n) is 5.35. The number of ether oxygens (including phenoxy) is 2. The molecule has 206 valence electrons. The van der Waals surface area contributed by atoms with Crippen LogP contribution >= 0.6 is 0 Å². The van der Waals surface area contributed by atoms with E-state index < -0.39 is 17.7 Å². The monoisotopic (exact) mass is 532 g/mol. The highest BCUT2D eigenvalue weighted by molar-refractivity contribution is 6.46. The van der Waals surface area contributed by atoms with Crippen molar-refractivity contribution in [1.82, 2.24) is 19.2 Å². The van der Waals surface area contributed by atoms with Crippen molar-refractivity contribution in [1.29, 1.82) is 0 Å². The summed E-state index contributed by atoms with van der Waals surface area (Å²) in [5.74, 6) is -0.785. The lowest BCUT2D eigenvalue weighted by atomic mass is 9.96. The Balaban J connectivity index is 1.52. The number of likely N-dealkylation sites (tertiary alicyclic amines) is 1. The number of aliphatic hydroxyl groups is 1. The lowest BCUT2D eigenvalue weighted by molar-refractivity contribution is -0.140. The summed E-state index contributed by atoms with van der Waals surface area (Å²) in [6, 6.07) is 12.3. The number of hydrogen-bond donors (Lipinski definition) is 1. The Labute approximate surface area is 228 Å². The van der Waals surface area contributed by atoms with Crippen LogP contribution in [-0.2, 0) is 14.3 Å². The number of hydrogen-bond acceptors (Lipinski definition) is 7. The van der Waals surface area contributed by atoms with Crippen LogP contribution in [0, 0.1) is 6.92 Å². The third kappa shape index (κ3) is 5.55. The number of aliphatic hydroxyl groups excluding tert-OH is 1. The van der Waals surface area contributed by atoms with Crippen LogP contribution in [0.25, 0.3) is 11.4 Å². The number of ketones is 1. The number of carbonyl (C=O) groups is 2. The highest BCUT2D eigenvalue weighted by Crippen LogP contribution is 2.40. The van der Waals surface area contributed by atoms with E-state index >= 15 is 0 Å². The molecule has 1 unspecified atom stereocenters. The van der Waals surface area contributed by atoms with Crippen molar-refractivity contribution >= 4 is 23.1 Å². The molecule has 0 aliphatic carbocycles. The van der Waals surface area contributed by atoms with Gasteiger partial charge in [0.1, 0.15) is 17.1 Å². The lowest BCUT2D eigenvalue weighted by Gasteiger charge is -2.31. The molecule has 2 aromatic heterocycles. The van der Waals surface area contributed by atoms with E-state index in [4.69, 9.17) is 9.47 Å². The number of carbonyl (C=O) groups excluding carboxylic acids is 2. The first kappa shape index (κ1) is 26.9. The van der Waals surface area contributed by atoms with E-state index in [1.54, 1.807) is 22.4 Å². The number of amides is 1. The molecule has 2 aliphatic rings. The summed E-state index contributed by atoms with van der Waals surface area (Å²) in [5.41, 5.74) is 2.46. The number of morpholine rings is 1. The third-order valence-electron chi connectivity index (χ3n) is 7.44. The molecule has 1 aromatic carbocycles. The predicted molar refractivity (Wildman–Crippen MR) is 148 cm³/mol. The van der Waals surface area contributed by atoms with Crippen LogP contribution in [0.1, 0.15) is 49.2 Å². The van der Waals surface area contributed by atoms with Gasteiger partial charge in [0.2, 0.25) is 0 Å². The number of unbranched alkanes of at least 4 members (excludes halogenated alkanes) is 2. The van der Waals surface area contributed by atoms with E-state index in [1.807, 2.05) is 42.5 Å². The van der Waals surface area contributed by atoms with Crippen LogP contribution in [0.2, 0.25) is 0 Å². The zero-order chi connectivity index (χ0) is 27.4. The molecule has 1 N–H and O–H groups in total. The van der Waals surface area contributed by atoms with Gasteiger partial charge in [0.25, 0.3) is 11.7 Å². The number of Topliss-reactive ketones (excluding diaryl/α,β-unsaturated/α-hetero) is 1. The number of rotatable bonds is 10. The Bertz CT molecular complexity index is 1360. The maximum absolute atomic E-state index is 13.5. The zero-order valence-corrected chi connectivity index (χ0v) is 22.6. The molecule has 9 heteroatoms. The molecule has 4 heterocycles. The zero-order valence-electron chi connectivity index (χ0n) is 22.6. The van der Waals surface area contributed by atoms with Gasteiger partial charge in [0, 0.05) is 32.4 Å². The molecular weight excluding hydrogens is 496 g/mol. The standard InChI is InChI=1S/C30H36N4O5/c1-3-4-7-18-39-23-11-9-22(10-12-23)27-25(28(35)26-21(2)31-24-8-5-6-13-33(24)26)29(36)30(37)34(27)15-14-32-16-19-38-20-17-32/h5-6,8-13,27,35H,3-4,7,14-20H2,1-2H3/b28-25+. The first-order chi connectivity index (χ1) is 19.0. The number of benzene rings is 1. The van der Waals surface area contributed by atoms with Gasteiger partial charge in [-0.3, -0.25) is 18.9 Å². The highest BCUT2D eigenvalue weighted by atomic mass is 16.5. The molecule has 1 amide bonds. The molecule has 2 fully saturated rings. The van der Waals surface area contributed by atoms with Crippen LogP contribution in [0.5, 0.6) is 5.75 Å². The smallest absolute Gasteiger partial charge is 0.295 e. The minimum atomic E-state index is -0.728. The van der Waals surface area contributed by atoms with E-state index in [0.717, 1.165) is 43.7 Å². The van der Waals surface area contributed by atoms with Crippen molar-refractivity contribution in [3.05, 3.63) is 71.2 Å². The quantitative estimate of drug-likeness (QED) is 0.183. The number of imidazole rings is 1. The fraction of sp³-hybridized carbons (Fsp3) is 0.433. The third-order valence-corrected chi connectivity index (χ3v) is 7.44. The summed E-state index contributed by atoms with van der Waals surface area (Å²) in [7, 11) is 0. The molecule has 39 heavy (non-hydrogen) atoms. The first-order valence-corrected chi connectivity index (χ1v) is 13.7. The van der Waals surface area contributed by atoms with E-state index in [2.05, 4.69) is 16.8 Å². The summed E-state index contributed by atoms with van der Waals surface area (Å²) in [5, 5.41) is 11.6. The Morgan fingerprint density at radius 1 is 1.08 bits per heavy atom. The maximum Gasteiger partial charge on any atom is 0.295 e. The van der Waals surface area contributed by atoms with Crippen molar-refractivity contribution in [2.24, 2.45) is 0 Å². The molecular formula is C30H36N4O5. The normalized spacial score (nSPS) is 19.7. The van der Waals surface area contributed by atoms with Gasteiger partial charge in [-0.1, -0.05) is 38.0 Å². The largest absolute Gasteiger partial charge is 0.505 e. The number of pyridine rings is 1. The summed E-state index contributed by atoms with van der Waals surface area (Å²) >= 11 is 0. The molecule has 0 saturated carbocycles. The van der Waals surface area contributed by atoms with Gasteiger partial charge >= 0.3 is 0 Å². The molecule has 0 bridgehead atoms. The van der Waals surface area contributed by atoms with Crippen LogP contribution in [-0.4, -0.2) is 82.0 Å². The minimum absolute atomic E-state index is 0.0762. The van der Waals surface area contributed by atoms with Crippen molar-refractivity contribution in [2.75, 3.05) is 46.0 Å². The van der Waals surface area contributed by atoms with E-state index in [0.29, 0.717) is 49.9 Å². The van der Waals surface area contributed by atoms with Crippen molar-refractivity contribution in [3.8, 4) is 5.75 Å². The number of fused-ring (bicyclic) bond motifs is 1. The Hall–Kier alpha value is -3.69. The van der Waals surface area contributed by atoms with Crippen molar-refractivity contribution in [3.63, 3.8) is 0 Å². The summed E-state index contributed by atoms with van der Waals surface area (Å²) in [6.45, 7) is 8.39. The Kier molecular flexibility index (Phi) is 8.28. The van der Waals surface area contributed by atoms with Gasteiger partial charge in [-0.05, 0) is 43.2 Å². The van der Waals surface area contributed by atoms with E-state index in [9.17, 15) is 14.7 Å². The molecule has 0 spiro atoms. The predicted octanol–water partition coefficient (Wildman–Crippen LogP) is 3.97. The van der Waals surface area contributed by atoms with Gasteiger partial charge in [-0.15, -0.1) is 0 Å². The lowest BCUT2D eigenvalue weighted by Crippen LogP contribution is -2.42. The molecule has 3 aromatic rings. The molecule has 2 saturated heterocycles. The van der Waals surface area contributed by atoms with Crippen LogP contribution in [0.4, 0.5) is 0 Å².